The van der Waals surface area contributed by atoms with Crippen LogP contribution >= 0.6 is 0 Å². The minimum absolute atomic E-state index is 0.627. The van der Waals surface area contributed by atoms with Crippen molar-refractivity contribution in [3.8, 4) is 67.8 Å². The fraction of sp³-hybridized carbons (Fsp3) is 0. The molecule has 0 amide bonds. The molecule has 5 nitrogen and oxygen atoms in total. The van der Waals surface area contributed by atoms with Crippen LogP contribution in [0, 0.1) is 0 Å². The van der Waals surface area contributed by atoms with Gasteiger partial charge in [-0.2, -0.15) is 0 Å². The Morgan fingerprint density at radius 3 is 1.11 bits per heavy atom. The lowest BCUT2D eigenvalue weighted by atomic mass is 9.94. The number of hydrogen-bond acceptors (Lipinski definition) is 3. The summed E-state index contributed by atoms with van der Waals surface area (Å²) in [4.78, 5) is 15.0. The van der Waals surface area contributed by atoms with Gasteiger partial charge >= 0.3 is 0 Å². The quantitative estimate of drug-likeness (QED) is 0.162. The van der Waals surface area contributed by atoms with E-state index in [-0.39, 0.29) is 0 Å². The molecular formula is C57H37N5. The molecule has 0 aliphatic rings. The number of benzene rings is 9. The molecule has 0 N–H and O–H groups in total. The maximum absolute atomic E-state index is 5.02. The molecule has 62 heavy (non-hydrogen) atoms. The van der Waals surface area contributed by atoms with Crippen LogP contribution in [0.25, 0.3) is 111 Å². The maximum Gasteiger partial charge on any atom is 0.164 e. The second-order valence-electron chi connectivity index (χ2n) is 15.6. The number of nitrogens with zero attached hydrogens (tertiary/aromatic N) is 5. The second-order valence-corrected chi connectivity index (χ2v) is 15.6. The van der Waals surface area contributed by atoms with E-state index >= 15 is 0 Å². The van der Waals surface area contributed by atoms with Gasteiger partial charge in [-0.15, -0.1) is 0 Å². The van der Waals surface area contributed by atoms with Gasteiger partial charge < -0.3 is 9.13 Å². The lowest BCUT2D eigenvalue weighted by molar-refractivity contribution is 1.07. The molecule has 9 aromatic carbocycles. The van der Waals surface area contributed by atoms with Crippen LogP contribution in [0.2, 0.25) is 0 Å². The zero-order valence-electron chi connectivity index (χ0n) is 33.6. The molecule has 290 valence electrons. The SMILES string of the molecule is c1ccc(-c2nc(-c3ccccc3)nc(-c3ccc(-n4c5ccccc5c5ccc6c7ccccc7n(-c7ccc(-c8ccccc8)c(-c8ccccc8)c7)c6c54)cc3)n2)cc1. The Kier molecular flexibility index (Phi) is 8.42. The molecule has 0 saturated carbocycles. The molecule has 0 bridgehead atoms. The Hall–Kier alpha value is -8.41. The molecule has 0 radical (unpaired) electrons. The normalized spacial score (nSPS) is 11.5. The van der Waals surface area contributed by atoms with Crippen LogP contribution in [0.3, 0.4) is 0 Å². The fourth-order valence-electron chi connectivity index (χ4n) is 9.13. The molecule has 0 spiro atoms. The minimum atomic E-state index is 0.627. The van der Waals surface area contributed by atoms with E-state index in [2.05, 4.69) is 173 Å². The highest BCUT2D eigenvalue weighted by Gasteiger charge is 2.22. The zero-order valence-corrected chi connectivity index (χ0v) is 33.6. The van der Waals surface area contributed by atoms with Gasteiger partial charge in [0, 0.05) is 49.6 Å². The molecule has 0 aliphatic carbocycles. The summed E-state index contributed by atoms with van der Waals surface area (Å²) < 4.78 is 4.90. The van der Waals surface area contributed by atoms with Gasteiger partial charge in [-0.25, -0.2) is 15.0 Å². The average molecular weight is 792 g/mol. The van der Waals surface area contributed by atoms with Crippen LogP contribution < -0.4 is 0 Å². The summed E-state index contributed by atoms with van der Waals surface area (Å²) >= 11 is 0. The molecular weight excluding hydrogens is 755 g/mol. The minimum Gasteiger partial charge on any atom is -0.307 e. The topological polar surface area (TPSA) is 48.5 Å². The Labute approximate surface area is 358 Å². The molecule has 0 aliphatic heterocycles. The third-order valence-electron chi connectivity index (χ3n) is 12.0. The summed E-state index contributed by atoms with van der Waals surface area (Å²) in [5, 5.41) is 4.81. The number of aromatic nitrogens is 5. The molecule has 3 heterocycles. The van der Waals surface area contributed by atoms with Crippen molar-refractivity contribution in [3.63, 3.8) is 0 Å². The lowest BCUT2D eigenvalue weighted by Gasteiger charge is -2.16. The smallest absolute Gasteiger partial charge is 0.164 e. The highest BCUT2D eigenvalue weighted by molar-refractivity contribution is 6.23. The van der Waals surface area contributed by atoms with Gasteiger partial charge in [0.1, 0.15) is 0 Å². The van der Waals surface area contributed by atoms with E-state index in [1.807, 2.05) is 60.7 Å². The number of hydrogen-bond donors (Lipinski definition) is 0. The Morgan fingerprint density at radius 1 is 0.258 bits per heavy atom. The molecule has 5 heteroatoms. The van der Waals surface area contributed by atoms with Gasteiger partial charge in [-0.1, -0.05) is 176 Å². The Balaban J connectivity index is 1.09. The molecule has 0 saturated heterocycles. The van der Waals surface area contributed by atoms with Crippen molar-refractivity contribution in [2.75, 3.05) is 0 Å². The summed E-state index contributed by atoms with van der Waals surface area (Å²) in [5.74, 6) is 1.91. The molecule has 12 aromatic rings. The number of para-hydroxylation sites is 2. The van der Waals surface area contributed by atoms with E-state index in [0.29, 0.717) is 17.5 Å². The van der Waals surface area contributed by atoms with Crippen LogP contribution in [-0.4, -0.2) is 24.1 Å². The maximum atomic E-state index is 5.02. The highest BCUT2D eigenvalue weighted by atomic mass is 15.1. The number of fused-ring (bicyclic) bond motifs is 7. The van der Waals surface area contributed by atoms with Crippen LogP contribution in [0.15, 0.2) is 224 Å². The Bertz CT molecular complexity index is 3540. The van der Waals surface area contributed by atoms with E-state index in [1.165, 1.54) is 43.8 Å². The first-order valence-corrected chi connectivity index (χ1v) is 21.0. The van der Waals surface area contributed by atoms with E-state index in [4.69, 9.17) is 15.0 Å². The first-order valence-electron chi connectivity index (χ1n) is 21.0. The van der Waals surface area contributed by atoms with Gasteiger partial charge in [0.2, 0.25) is 0 Å². The van der Waals surface area contributed by atoms with Gasteiger partial charge in [0.15, 0.2) is 17.5 Å². The molecule has 0 unspecified atom stereocenters. The third kappa shape index (κ3) is 5.90. The predicted molar refractivity (Wildman–Crippen MR) is 256 cm³/mol. The van der Waals surface area contributed by atoms with Crippen LogP contribution in [0.5, 0.6) is 0 Å². The van der Waals surface area contributed by atoms with E-state index in [0.717, 1.165) is 50.1 Å². The van der Waals surface area contributed by atoms with Crippen molar-refractivity contribution in [3.05, 3.63) is 224 Å². The van der Waals surface area contributed by atoms with Crippen LogP contribution in [-0.2, 0) is 0 Å². The zero-order chi connectivity index (χ0) is 41.0. The monoisotopic (exact) mass is 791 g/mol. The van der Waals surface area contributed by atoms with Crippen molar-refractivity contribution in [2.24, 2.45) is 0 Å². The van der Waals surface area contributed by atoms with Gasteiger partial charge in [0.25, 0.3) is 0 Å². The first kappa shape index (κ1) is 35.5. The number of rotatable bonds is 7. The second kappa shape index (κ2) is 14.7. The van der Waals surface area contributed by atoms with Gasteiger partial charge in [0.05, 0.1) is 22.1 Å². The summed E-state index contributed by atoms with van der Waals surface area (Å²) in [5.41, 5.74) is 14.3. The largest absolute Gasteiger partial charge is 0.307 e. The summed E-state index contributed by atoms with van der Waals surface area (Å²) in [7, 11) is 0. The van der Waals surface area contributed by atoms with Crippen molar-refractivity contribution in [1.29, 1.82) is 0 Å². The van der Waals surface area contributed by atoms with Gasteiger partial charge in [-0.3, -0.25) is 0 Å². The standard InChI is InChI=1S/C57H37N5/c1-5-17-38(18-6-1)45-34-33-44(37-50(45)39-19-7-2-8-20-39)62-52-28-16-14-26-47(52)49-36-35-48-46-25-13-15-27-51(46)61(53(48)54(49)62)43-31-29-42(30-32-43)57-59-55(40-21-9-3-10-22-40)58-56(60-57)41-23-11-4-12-24-41/h1-37H. The van der Waals surface area contributed by atoms with E-state index in [9.17, 15) is 0 Å². The lowest BCUT2D eigenvalue weighted by Crippen LogP contribution is -2.01. The average Bonchev–Trinajstić information content (AvgIpc) is 3.88. The third-order valence-corrected chi connectivity index (χ3v) is 12.0. The van der Waals surface area contributed by atoms with Crippen molar-refractivity contribution in [1.82, 2.24) is 24.1 Å². The molecule has 3 aromatic heterocycles. The van der Waals surface area contributed by atoms with E-state index < -0.39 is 0 Å². The van der Waals surface area contributed by atoms with Crippen molar-refractivity contribution >= 4 is 43.6 Å². The predicted octanol–water partition coefficient (Wildman–Crippen LogP) is 14.4. The first-order chi connectivity index (χ1) is 30.8. The van der Waals surface area contributed by atoms with Crippen molar-refractivity contribution in [2.45, 2.75) is 0 Å². The molecule has 0 fully saturated rings. The van der Waals surface area contributed by atoms with E-state index in [1.54, 1.807) is 0 Å². The van der Waals surface area contributed by atoms with Gasteiger partial charge in [-0.05, 0) is 70.8 Å². The summed E-state index contributed by atoms with van der Waals surface area (Å²) in [6.07, 6.45) is 0. The fourth-order valence-corrected chi connectivity index (χ4v) is 9.13. The van der Waals surface area contributed by atoms with Crippen LogP contribution in [0.1, 0.15) is 0 Å². The molecule has 0 atom stereocenters. The summed E-state index contributed by atoms with van der Waals surface area (Å²) in [6, 6.07) is 79.4. The highest BCUT2D eigenvalue weighted by Crippen LogP contribution is 2.43. The van der Waals surface area contributed by atoms with Crippen molar-refractivity contribution < 1.29 is 0 Å². The summed E-state index contributed by atoms with van der Waals surface area (Å²) in [6.45, 7) is 0. The Morgan fingerprint density at radius 2 is 0.629 bits per heavy atom. The van der Waals surface area contributed by atoms with Crippen LogP contribution in [0.4, 0.5) is 0 Å². The molecule has 12 rings (SSSR count).